The Labute approximate surface area is 98.6 Å². The largest absolute Gasteiger partial charge is 0.355 e. The highest BCUT2D eigenvalue weighted by molar-refractivity contribution is 5.82. The summed E-state index contributed by atoms with van der Waals surface area (Å²) in [5.74, 6) is 0.757. The number of carbonyl (C=O) groups excluding carboxylic acids is 1. The monoisotopic (exact) mass is 227 g/mol. The molecule has 2 atom stereocenters. The zero-order valence-corrected chi connectivity index (χ0v) is 10.7. The van der Waals surface area contributed by atoms with Gasteiger partial charge in [-0.1, -0.05) is 13.8 Å². The van der Waals surface area contributed by atoms with Crippen LogP contribution in [0.5, 0.6) is 0 Å². The van der Waals surface area contributed by atoms with E-state index < -0.39 is 0 Å². The van der Waals surface area contributed by atoms with Crippen molar-refractivity contribution in [3.63, 3.8) is 0 Å². The van der Waals surface area contributed by atoms with Crippen molar-refractivity contribution in [2.24, 2.45) is 11.7 Å². The Hall–Kier alpha value is -0.610. The summed E-state index contributed by atoms with van der Waals surface area (Å²) in [5, 5.41) is 2.93. The van der Waals surface area contributed by atoms with Crippen LogP contribution in [0.3, 0.4) is 0 Å². The SMILES string of the molecule is CC(C)CCN1C(C)CCNC(=O)C1CN. The molecule has 3 N–H and O–H groups in total. The van der Waals surface area contributed by atoms with Gasteiger partial charge in [-0.05, 0) is 32.2 Å². The van der Waals surface area contributed by atoms with E-state index in [9.17, 15) is 4.79 Å². The van der Waals surface area contributed by atoms with Crippen molar-refractivity contribution < 1.29 is 4.79 Å². The van der Waals surface area contributed by atoms with Crippen molar-refractivity contribution >= 4 is 5.91 Å². The number of carbonyl (C=O) groups is 1. The van der Waals surface area contributed by atoms with Crippen LogP contribution in [0.25, 0.3) is 0 Å². The first-order valence-corrected chi connectivity index (χ1v) is 6.29. The van der Waals surface area contributed by atoms with Gasteiger partial charge < -0.3 is 11.1 Å². The first kappa shape index (κ1) is 13.5. The van der Waals surface area contributed by atoms with Crippen LogP contribution in [0.15, 0.2) is 0 Å². The fourth-order valence-electron chi connectivity index (χ4n) is 2.17. The molecular formula is C12H25N3O. The third-order valence-corrected chi connectivity index (χ3v) is 3.32. The quantitative estimate of drug-likeness (QED) is 0.738. The Kier molecular flexibility index (Phi) is 5.22. The van der Waals surface area contributed by atoms with E-state index in [0.717, 1.165) is 25.9 Å². The molecule has 0 aliphatic carbocycles. The lowest BCUT2D eigenvalue weighted by Gasteiger charge is -2.32. The summed E-state index contributed by atoms with van der Waals surface area (Å²) in [6.45, 7) is 8.75. The van der Waals surface area contributed by atoms with Crippen LogP contribution in [0.1, 0.15) is 33.6 Å². The molecule has 1 rings (SSSR count). The molecule has 1 aliphatic heterocycles. The Morgan fingerprint density at radius 1 is 1.56 bits per heavy atom. The van der Waals surface area contributed by atoms with E-state index in [-0.39, 0.29) is 11.9 Å². The Morgan fingerprint density at radius 3 is 2.81 bits per heavy atom. The Balaban J connectivity index is 2.67. The molecule has 94 valence electrons. The van der Waals surface area contributed by atoms with E-state index in [1.807, 2.05) is 0 Å². The number of nitrogens with two attached hydrogens (primary N) is 1. The summed E-state index contributed by atoms with van der Waals surface area (Å²) in [6, 6.07) is 0.294. The lowest BCUT2D eigenvalue weighted by Crippen LogP contribution is -2.51. The number of rotatable bonds is 4. The van der Waals surface area contributed by atoms with E-state index >= 15 is 0 Å². The van der Waals surface area contributed by atoms with Gasteiger partial charge >= 0.3 is 0 Å². The van der Waals surface area contributed by atoms with E-state index in [4.69, 9.17) is 5.73 Å². The van der Waals surface area contributed by atoms with Crippen molar-refractivity contribution in [2.45, 2.75) is 45.7 Å². The maximum absolute atomic E-state index is 11.8. The summed E-state index contributed by atoms with van der Waals surface area (Å²) < 4.78 is 0. The molecule has 1 fully saturated rings. The standard InChI is InChI=1S/C12H25N3O/c1-9(2)5-7-15-10(3)4-6-14-12(16)11(15)8-13/h9-11H,4-8,13H2,1-3H3,(H,14,16). The van der Waals surface area contributed by atoms with Crippen molar-refractivity contribution in [2.75, 3.05) is 19.6 Å². The second-order valence-corrected chi connectivity index (χ2v) is 5.10. The van der Waals surface area contributed by atoms with Crippen LogP contribution in [-0.2, 0) is 4.79 Å². The molecule has 4 nitrogen and oxygen atoms in total. The number of hydrogen-bond acceptors (Lipinski definition) is 3. The van der Waals surface area contributed by atoms with Crippen LogP contribution in [0, 0.1) is 5.92 Å². The molecule has 0 aromatic carbocycles. The normalized spacial score (nSPS) is 27.9. The molecule has 0 radical (unpaired) electrons. The average Bonchev–Trinajstić information content (AvgIpc) is 2.35. The van der Waals surface area contributed by atoms with E-state index in [2.05, 4.69) is 31.0 Å². The van der Waals surface area contributed by atoms with Crippen LogP contribution in [0.2, 0.25) is 0 Å². The minimum Gasteiger partial charge on any atom is -0.355 e. The van der Waals surface area contributed by atoms with Crippen molar-refractivity contribution in [3.8, 4) is 0 Å². The first-order valence-electron chi connectivity index (χ1n) is 6.29. The Morgan fingerprint density at radius 2 is 2.25 bits per heavy atom. The summed E-state index contributed by atoms with van der Waals surface area (Å²) in [4.78, 5) is 14.1. The molecule has 0 saturated carbocycles. The lowest BCUT2D eigenvalue weighted by atomic mass is 10.1. The molecule has 0 aromatic heterocycles. The van der Waals surface area contributed by atoms with Crippen molar-refractivity contribution in [3.05, 3.63) is 0 Å². The molecule has 16 heavy (non-hydrogen) atoms. The third kappa shape index (κ3) is 3.46. The average molecular weight is 227 g/mol. The van der Waals surface area contributed by atoms with Crippen molar-refractivity contribution in [1.29, 1.82) is 0 Å². The molecule has 2 unspecified atom stereocenters. The molecule has 1 saturated heterocycles. The molecule has 1 amide bonds. The van der Waals surface area contributed by atoms with Crippen LogP contribution in [-0.4, -0.2) is 42.5 Å². The van der Waals surface area contributed by atoms with Crippen LogP contribution < -0.4 is 11.1 Å². The fourth-order valence-corrected chi connectivity index (χ4v) is 2.17. The van der Waals surface area contributed by atoms with Gasteiger partial charge in [0, 0.05) is 19.1 Å². The molecule has 1 aliphatic rings. The van der Waals surface area contributed by atoms with Crippen LogP contribution in [0.4, 0.5) is 0 Å². The Bertz CT molecular complexity index is 230. The van der Waals surface area contributed by atoms with Crippen LogP contribution >= 0.6 is 0 Å². The van der Waals surface area contributed by atoms with Gasteiger partial charge in [0.25, 0.3) is 0 Å². The van der Waals surface area contributed by atoms with Gasteiger partial charge in [0.05, 0.1) is 0 Å². The summed E-state index contributed by atoms with van der Waals surface area (Å²) >= 11 is 0. The van der Waals surface area contributed by atoms with Gasteiger partial charge in [-0.25, -0.2) is 0 Å². The first-order chi connectivity index (χ1) is 7.56. The summed E-state index contributed by atoms with van der Waals surface area (Å²) in [6.07, 6.45) is 2.13. The predicted octanol–water partition coefficient (Wildman–Crippen LogP) is 0.570. The molecule has 0 spiro atoms. The fraction of sp³-hybridized carbons (Fsp3) is 0.917. The maximum atomic E-state index is 11.8. The zero-order chi connectivity index (χ0) is 12.1. The second-order valence-electron chi connectivity index (χ2n) is 5.10. The highest BCUT2D eigenvalue weighted by atomic mass is 16.2. The zero-order valence-electron chi connectivity index (χ0n) is 10.7. The lowest BCUT2D eigenvalue weighted by molar-refractivity contribution is -0.125. The van der Waals surface area contributed by atoms with E-state index in [1.54, 1.807) is 0 Å². The number of nitrogens with one attached hydrogen (secondary N) is 1. The highest BCUT2D eigenvalue weighted by Gasteiger charge is 2.30. The van der Waals surface area contributed by atoms with Gasteiger partial charge in [0.15, 0.2) is 0 Å². The minimum atomic E-state index is -0.142. The van der Waals surface area contributed by atoms with Gasteiger partial charge in [-0.15, -0.1) is 0 Å². The molecule has 4 heteroatoms. The molecule has 1 heterocycles. The van der Waals surface area contributed by atoms with E-state index in [1.165, 1.54) is 0 Å². The minimum absolute atomic E-state index is 0.0932. The molecule has 0 aromatic rings. The number of amides is 1. The highest BCUT2D eigenvalue weighted by Crippen LogP contribution is 2.14. The van der Waals surface area contributed by atoms with Crippen molar-refractivity contribution in [1.82, 2.24) is 10.2 Å². The van der Waals surface area contributed by atoms with E-state index in [0.29, 0.717) is 18.5 Å². The number of nitrogens with zero attached hydrogens (tertiary/aromatic N) is 1. The maximum Gasteiger partial charge on any atom is 0.238 e. The van der Waals surface area contributed by atoms with Gasteiger partial charge in [-0.2, -0.15) is 0 Å². The predicted molar refractivity (Wildman–Crippen MR) is 66.1 cm³/mol. The summed E-state index contributed by atoms with van der Waals surface area (Å²) in [7, 11) is 0. The molecule has 0 bridgehead atoms. The van der Waals surface area contributed by atoms with Gasteiger partial charge in [0.1, 0.15) is 6.04 Å². The van der Waals surface area contributed by atoms with Gasteiger partial charge in [0.2, 0.25) is 5.91 Å². The smallest absolute Gasteiger partial charge is 0.238 e. The number of hydrogen-bond donors (Lipinski definition) is 2. The second kappa shape index (κ2) is 6.21. The van der Waals surface area contributed by atoms with Gasteiger partial charge in [-0.3, -0.25) is 9.69 Å². The summed E-state index contributed by atoms with van der Waals surface area (Å²) in [5.41, 5.74) is 5.72. The third-order valence-electron chi connectivity index (χ3n) is 3.32. The molecular weight excluding hydrogens is 202 g/mol. The topological polar surface area (TPSA) is 58.4 Å².